The Morgan fingerprint density at radius 2 is 1.95 bits per heavy atom. The number of rotatable bonds is 10. The van der Waals surface area contributed by atoms with E-state index in [0.29, 0.717) is 12.5 Å². The van der Waals surface area contributed by atoms with Crippen molar-refractivity contribution in [3.63, 3.8) is 0 Å². The van der Waals surface area contributed by atoms with Crippen LogP contribution in [0.25, 0.3) is 0 Å². The van der Waals surface area contributed by atoms with Gasteiger partial charge in [-0.15, -0.1) is 0 Å². The van der Waals surface area contributed by atoms with Crippen LogP contribution in [0.1, 0.15) is 76.7 Å². The molecule has 0 amide bonds. The Morgan fingerprint density at radius 3 is 2.59 bits per heavy atom. The zero-order chi connectivity index (χ0) is 16.2. The van der Waals surface area contributed by atoms with Gasteiger partial charge in [-0.1, -0.05) is 45.2 Å². The van der Waals surface area contributed by atoms with Crippen LogP contribution in [-0.4, -0.2) is 24.7 Å². The summed E-state index contributed by atoms with van der Waals surface area (Å²) in [6.45, 7) is 8.16. The number of nitrogens with zero attached hydrogens (tertiary/aromatic N) is 2. The number of unbranched alkanes of at least 4 members (excludes halogenated alkanes) is 3. The Morgan fingerprint density at radius 1 is 1.18 bits per heavy atom. The van der Waals surface area contributed by atoms with E-state index in [0.717, 1.165) is 36.8 Å². The van der Waals surface area contributed by atoms with Gasteiger partial charge in [-0.25, -0.2) is 0 Å². The van der Waals surface area contributed by atoms with Crippen molar-refractivity contribution < 1.29 is 4.52 Å². The van der Waals surface area contributed by atoms with Gasteiger partial charge in [-0.3, -0.25) is 4.99 Å². The summed E-state index contributed by atoms with van der Waals surface area (Å²) in [5.41, 5.74) is 1.06. The fraction of sp³-hybridized carbons (Fsp3) is 0.765. The van der Waals surface area contributed by atoms with Crippen molar-refractivity contribution in [2.45, 2.75) is 71.8 Å². The van der Waals surface area contributed by atoms with Crippen molar-refractivity contribution in [2.75, 3.05) is 13.6 Å². The monoisotopic (exact) mass is 308 g/mol. The Kier molecular flexibility index (Phi) is 9.35. The molecule has 2 N–H and O–H groups in total. The van der Waals surface area contributed by atoms with E-state index in [2.05, 4.69) is 47.6 Å². The van der Waals surface area contributed by atoms with Crippen LogP contribution in [0.4, 0.5) is 0 Å². The second-order valence-corrected chi connectivity index (χ2v) is 5.64. The molecule has 126 valence electrons. The lowest BCUT2D eigenvalue weighted by atomic mass is 9.99. The third-order valence-corrected chi connectivity index (χ3v) is 3.96. The van der Waals surface area contributed by atoms with Gasteiger partial charge < -0.3 is 15.2 Å². The maximum absolute atomic E-state index is 5.41. The van der Waals surface area contributed by atoms with E-state index < -0.39 is 0 Å². The van der Waals surface area contributed by atoms with Crippen molar-refractivity contribution in [1.82, 2.24) is 15.8 Å². The molecule has 0 radical (unpaired) electrons. The van der Waals surface area contributed by atoms with Crippen molar-refractivity contribution in [2.24, 2.45) is 4.99 Å². The van der Waals surface area contributed by atoms with Crippen molar-refractivity contribution in [3.8, 4) is 0 Å². The van der Waals surface area contributed by atoms with E-state index in [1.54, 1.807) is 7.05 Å². The van der Waals surface area contributed by atoms with Crippen LogP contribution in [0.2, 0.25) is 0 Å². The summed E-state index contributed by atoms with van der Waals surface area (Å²) in [4.78, 5) is 4.23. The van der Waals surface area contributed by atoms with Crippen molar-refractivity contribution in [3.05, 3.63) is 17.5 Å². The normalized spacial score (nSPS) is 12.0. The standard InChI is InChI=1S/C17H32N4O/c1-5-8-9-10-11-19-17(18-4)20-13-15-12-16(21-22-15)14(6-2)7-3/h12,14H,5-11,13H2,1-4H3,(H2,18,19,20). The molecule has 0 spiro atoms. The second-order valence-electron chi connectivity index (χ2n) is 5.64. The quantitative estimate of drug-likeness (QED) is 0.392. The smallest absolute Gasteiger partial charge is 0.191 e. The number of guanidine groups is 1. The van der Waals surface area contributed by atoms with Gasteiger partial charge >= 0.3 is 0 Å². The van der Waals surface area contributed by atoms with Crippen LogP contribution in [0, 0.1) is 0 Å². The van der Waals surface area contributed by atoms with Crippen LogP contribution in [0.3, 0.4) is 0 Å². The predicted molar refractivity (Wildman–Crippen MR) is 92.2 cm³/mol. The molecular weight excluding hydrogens is 276 g/mol. The maximum Gasteiger partial charge on any atom is 0.191 e. The molecule has 0 aliphatic carbocycles. The van der Waals surface area contributed by atoms with Crippen LogP contribution in [0.5, 0.6) is 0 Å². The number of hydrogen-bond donors (Lipinski definition) is 2. The average Bonchev–Trinajstić information content (AvgIpc) is 3.00. The van der Waals surface area contributed by atoms with E-state index in [1.807, 2.05) is 0 Å². The summed E-state index contributed by atoms with van der Waals surface area (Å²) in [6.07, 6.45) is 7.19. The first-order chi connectivity index (χ1) is 10.7. The molecule has 0 atom stereocenters. The molecule has 0 aliphatic rings. The van der Waals surface area contributed by atoms with E-state index >= 15 is 0 Å². The Balaban J connectivity index is 2.34. The molecule has 1 heterocycles. The largest absolute Gasteiger partial charge is 0.359 e. The maximum atomic E-state index is 5.41. The van der Waals surface area contributed by atoms with Gasteiger partial charge in [0, 0.05) is 25.6 Å². The summed E-state index contributed by atoms with van der Waals surface area (Å²) < 4.78 is 5.41. The Bertz CT molecular complexity index is 424. The third kappa shape index (κ3) is 6.50. The van der Waals surface area contributed by atoms with E-state index in [4.69, 9.17) is 4.52 Å². The van der Waals surface area contributed by atoms with E-state index in [9.17, 15) is 0 Å². The molecule has 0 unspecified atom stereocenters. The Labute approximate surface area is 135 Å². The third-order valence-electron chi connectivity index (χ3n) is 3.96. The highest BCUT2D eigenvalue weighted by atomic mass is 16.5. The molecule has 1 aromatic rings. The molecule has 1 aromatic heterocycles. The zero-order valence-corrected chi connectivity index (χ0v) is 14.6. The average molecular weight is 308 g/mol. The first-order valence-electron chi connectivity index (χ1n) is 8.65. The molecule has 0 aliphatic heterocycles. The summed E-state index contributed by atoms with van der Waals surface area (Å²) in [5, 5.41) is 10.8. The topological polar surface area (TPSA) is 62.5 Å². The fourth-order valence-corrected chi connectivity index (χ4v) is 2.46. The minimum Gasteiger partial charge on any atom is -0.359 e. The second kappa shape index (κ2) is 11.1. The van der Waals surface area contributed by atoms with Gasteiger partial charge in [0.1, 0.15) is 0 Å². The molecular formula is C17H32N4O. The lowest BCUT2D eigenvalue weighted by Crippen LogP contribution is -2.37. The molecule has 5 nitrogen and oxygen atoms in total. The predicted octanol–water partition coefficient (Wildman–Crippen LogP) is 3.82. The molecule has 0 fully saturated rings. The highest BCUT2D eigenvalue weighted by molar-refractivity contribution is 5.79. The molecule has 0 saturated carbocycles. The van der Waals surface area contributed by atoms with Crippen molar-refractivity contribution in [1.29, 1.82) is 0 Å². The molecule has 0 aromatic carbocycles. The first kappa shape index (κ1) is 18.5. The van der Waals surface area contributed by atoms with Gasteiger partial charge in [-0.2, -0.15) is 0 Å². The minimum absolute atomic E-state index is 0.494. The van der Waals surface area contributed by atoms with Crippen molar-refractivity contribution >= 4 is 5.96 Å². The van der Waals surface area contributed by atoms with Gasteiger partial charge in [0.05, 0.1) is 12.2 Å². The molecule has 5 heteroatoms. The summed E-state index contributed by atoms with van der Waals surface area (Å²) in [6, 6.07) is 2.05. The highest BCUT2D eigenvalue weighted by Crippen LogP contribution is 2.22. The van der Waals surface area contributed by atoms with Gasteiger partial charge in [0.15, 0.2) is 11.7 Å². The van der Waals surface area contributed by atoms with Gasteiger partial charge in [0.2, 0.25) is 0 Å². The number of aromatic nitrogens is 1. The SMILES string of the molecule is CCCCCCNC(=NC)NCc1cc(C(CC)CC)no1. The minimum atomic E-state index is 0.494. The molecule has 22 heavy (non-hydrogen) atoms. The molecule has 0 saturated heterocycles. The zero-order valence-electron chi connectivity index (χ0n) is 14.6. The summed E-state index contributed by atoms with van der Waals surface area (Å²) in [7, 11) is 1.79. The number of aliphatic imine (C=N–C) groups is 1. The highest BCUT2D eigenvalue weighted by Gasteiger charge is 2.12. The first-order valence-corrected chi connectivity index (χ1v) is 8.65. The Hall–Kier alpha value is -1.52. The number of hydrogen-bond acceptors (Lipinski definition) is 3. The molecule has 1 rings (SSSR count). The van der Waals surface area contributed by atoms with Gasteiger partial charge in [-0.05, 0) is 19.3 Å². The van der Waals surface area contributed by atoms with Crippen LogP contribution >= 0.6 is 0 Å². The van der Waals surface area contributed by atoms with Crippen LogP contribution in [-0.2, 0) is 6.54 Å². The van der Waals surface area contributed by atoms with Gasteiger partial charge in [0.25, 0.3) is 0 Å². The van der Waals surface area contributed by atoms with Crippen LogP contribution in [0.15, 0.2) is 15.6 Å². The summed E-state index contributed by atoms with van der Waals surface area (Å²) in [5.74, 6) is 2.17. The molecule has 0 bridgehead atoms. The fourth-order valence-electron chi connectivity index (χ4n) is 2.46. The summed E-state index contributed by atoms with van der Waals surface area (Å²) >= 11 is 0. The van der Waals surface area contributed by atoms with Crippen LogP contribution < -0.4 is 10.6 Å². The lowest BCUT2D eigenvalue weighted by Gasteiger charge is -2.10. The van der Waals surface area contributed by atoms with E-state index in [-0.39, 0.29) is 0 Å². The van der Waals surface area contributed by atoms with E-state index in [1.165, 1.54) is 25.7 Å². The lowest BCUT2D eigenvalue weighted by molar-refractivity contribution is 0.368. The number of nitrogens with one attached hydrogen (secondary N) is 2.